The Bertz CT molecular complexity index is 5380. The Morgan fingerprint density at radius 2 is 0.591 bits per heavy atom. The van der Waals surface area contributed by atoms with Crippen molar-refractivity contribution >= 4 is 73.0 Å². The van der Waals surface area contributed by atoms with Crippen molar-refractivity contribution < 1.29 is 55.3 Å². The second kappa shape index (κ2) is 48.9. The molecule has 0 spiro atoms. The van der Waals surface area contributed by atoms with E-state index in [0.717, 1.165) is 191 Å². The van der Waals surface area contributed by atoms with Gasteiger partial charge in [-0.25, -0.2) is 27.1 Å². The highest BCUT2D eigenvalue weighted by molar-refractivity contribution is 5.82. The molecule has 13 N–H and O–H groups in total. The predicted octanol–water partition coefficient (Wildman–Crippen LogP) is 15.5. The molecule has 2 aliphatic rings. The number of piperidine rings is 1. The van der Waals surface area contributed by atoms with Crippen LogP contribution >= 0.6 is 0 Å². The Hall–Kier alpha value is -10.5. The first kappa shape index (κ1) is 116. The number of likely N-dealkylation sites (tertiary alicyclic amines) is 1. The van der Waals surface area contributed by atoms with Crippen LogP contribution < -0.4 is 63.4 Å². The molecule has 0 amide bonds. The Labute approximate surface area is 793 Å². The molecule has 2 fully saturated rings. The number of hydrogen-bond donors (Lipinski definition) is 7. The summed E-state index contributed by atoms with van der Waals surface area (Å²) < 4.78 is 51.7. The van der Waals surface area contributed by atoms with Crippen molar-refractivity contribution in [3.63, 3.8) is 0 Å². The summed E-state index contributed by atoms with van der Waals surface area (Å²) >= 11 is 0. The molecule has 14 rings (SSSR count). The number of aromatic nitrogens is 12. The number of anilines is 7. The number of nitrogens with one attached hydrogen (secondary N) is 1. The van der Waals surface area contributed by atoms with Crippen LogP contribution in [0.15, 0.2) is 72.8 Å². The smallest absolute Gasteiger partial charge is 0.257 e. The monoisotopic (exact) mass is 1830 g/mol. The highest BCUT2D eigenvalue weighted by Gasteiger charge is 2.32. The molecule has 2 aliphatic heterocycles. The maximum Gasteiger partial charge on any atom is 0.257 e. The van der Waals surface area contributed by atoms with Crippen molar-refractivity contribution in [2.75, 3.05) is 243 Å². The topological polar surface area (TPSA) is 327 Å². The van der Waals surface area contributed by atoms with E-state index >= 15 is 0 Å². The molecule has 0 aromatic carbocycles. The number of hydrogen-bond acceptors (Lipinski definition) is 19. The average Bonchev–Trinajstić information content (AvgIpc) is 1.67. The first-order chi connectivity index (χ1) is 59.1. The molecular weight excluding hydrogens is 1660 g/mol. The zero-order valence-corrected chi connectivity index (χ0v) is 87.8. The van der Waals surface area contributed by atoms with Gasteiger partial charge >= 0.3 is 0 Å². The van der Waals surface area contributed by atoms with Gasteiger partial charge in [0.1, 0.15) is 99.8 Å². The van der Waals surface area contributed by atoms with E-state index in [0.29, 0.717) is 103 Å². The summed E-state index contributed by atoms with van der Waals surface area (Å²) in [6.45, 7) is 49.9. The number of rotatable bonds is 28. The van der Waals surface area contributed by atoms with Gasteiger partial charge in [0.05, 0.1) is 176 Å². The number of morpholine rings is 1. The minimum absolute atomic E-state index is 0. The van der Waals surface area contributed by atoms with Crippen LogP contribution in [0.3, 0.4) is 0 Å². The molecule has 0 unspecified atom stereocenters. The Kier molecular flexibility index (Phi) is 42.9. The largest absolute Gasteiger partial charge is 0.475 e. The zero-order chi connectivity index (χ0) is 92.9. The van der Waals surface area contributed by atoms with E-state index in [1.807, 2.05) is 91.2 Å². The van der Waals surface area contributed by atoms with Gasteiger partial charge in [0.15, 0.2) is 5.82 Å². The van der Waals surface area contributed by atoms with E-state index in [-0.39, 0.29) is 44.6 Å². The van der Waals surface area contributed by atoms with Crippen LogP contribution in [-0.2, 0) is 4.74 Å². The number of quaternary nitrogens is 6. The number of ether oxygens (including phenoxy) is 6. The Morgan fingerprint density at radius 3 is 0.886 bits per heavy atom. The first-order valence-electron chi connectivity index (χ1n) is 44.9. The molecule has 740 valence electrons. The van der Waals surface area contributed by atoms with Crippen LogP contribution in [0.4, 0.5) is 39.9 Å². The predicted molar refractivity (Wildman–Crippen MR) is 554 cm³/mol. The van der Waals surface area contributed by atoms with Gasteiger partial charge in [-0.1, -0.05) is 36.4 Å². The fourth-order valence-electron chi connectivity index (χ4n) is 15.2. The van der Waals surface area contributed by atoms with E-state index in [9.17, 15) is 0 Å². The maximum absolute atomic E-state index is 6.21. The molecule has 31 nitrogen and oxygen atoms in total. The SMILES string of the molecule is Cc1ccc2c(N)c(NCCC[N+](C)(C)C)nn2c1C.Cc1ccc2c(N)c(OCCC[N+](C)(C)C)nn2c1C.Cc1ccc2c(N)c(OCC[N+](C)(C(C)C)C(C)C)nn2c1C.Cc1ccc2c(N)c(OCC[N+](C)(C)C)nn2c1C.Cc1ccc2c(N)c(OCC[N+]3(C)CCCCC3)nn2c1C.Cc1ccc2c(N)c(OCC[N+]3(C)CCOCC3)nn2c1C.[CH3-].[CH3-].[CH3-].[CH3-].[CH3-].[CH3-]. The standard InChI is InChI=1S/C18H31N4O.C17H27N4O.C16H25N4O2.C15H26N5.C15H25N4O.C14H23N4O.6CH3/c1-12(2)22(7,13(3)4)10-11-23-18-17(19)16-9-8-14(5)15(6)21(16)20-18;1-13-7-8-15-16(18)17(19-20(15)14(13)2)22-12-11-21(3)9-5-4-6-10-21;1-12-4-5-14-15(17)16(18-19(14)13(12)2)22-11-8-20(3)6-9-21-10-7-20;1-11-7-8-13-14(16)15(18-19(13)12(11)2)17-9-6-10-20(3,4)5;1-11-7-8-13-14(16)15(17-18(13)12(11)2)20-10-6-9-19(3,4)5;1-10-6-7-12-13(15)14(16-17(12)11(10)2)19-9-8-18(3,4)5;;;;;;/h8-9,12-13H,10-11,19H2,1-7H3;7-8H,4-6,9-12,18H2,1-3H3;4-5H,6-11,17H2,1-3H3;7-8H,6,9-10,16H2,1-5H3,(H,17,18);7-8H,6,9-10,16H2,1-5H3;6-7H,8-9,15H2,1-5H3;6*1H3/q6*+1;6*-1. The number of likely N-dealkylation sites (N-methyl/N-ethyl adjacent to an activating group) is 4. The average molecular weight is 1840 g/mol. The molecule has 2 saturated heterocycles. The van der Waals surface area contributed by atoms with Gasteiger partial charge in [0.2, 0.25) is 0 Å². The number of nitrogens with two attached hydrogens (primary N) is 6. The summed E-state index contributed by atoms with van der Waals surface area (Å²) in [5.41, 5.74) is 60.1. The molecule has 12 aromatic rings. The van der Waals surface area contributed by atoms with E-state index in [4.69, 9.17) is 62.8 Å². The lowest BCUT2D eigenvalue weighted by Gasteiger charge is -2.42. The van der Waals surface area contributed by atoms with E-state index in [1.54, 1.807) is 0 Å². The number of pyridine rings is 6. The summed E-state index contributed by atoms with van der Waals surface area (Å²) in [6.07, 6.45) is 6.09. The van der Waals surface area contributed by atoms with Crippen molar-refractivity contribution in [2.45, 2.75) is 155 Å². The second-order valence-electron chi connectivity index (χ2n) is 39.2. The normalized spacial score (nSPS) is 13.5. The number of nitrogens with zero attached hydrogens (tertiary/aromatic N) is 18. The van der Waals surface area contributed by atoms with Gasteiger partial charge in [-0.3, -0.25) is 0 Å². The van der Waals surface area contributed by atoms with Crippen molar-refractivity contribution in [1.82, 2.24) is 57.7 Å². The summed E-state index contributed by atoms with van der Waals surface area (Å²) in [5.74, 6) is 3.51. The lowest BCUT2D eigenvalue weighted by atomic mass is 10.1. The minimum atomic E-state index is 0. The highest BCUT2D eigenvalue weighted by atomic mass is 16.5. The molecule has 14 heterocycles. The Balaban J connectivity index is 0.000000405. The zero-order valence-electron chi connectivity index (χ0n) is 87.8. The molecule has 0 bridgehead atoms. The van der Waals surface area contributed by atoms with Gasteiger partial charge in [-0.15, -0.1) is 30.6 Å². The molecule has 31 heteroatoms. The first-order valence-corrected chi connectivity index (χ1v) is 44.9. The fourth-order valence-corrected chi connectivity index (χ4v) is 15.2. The number of fused-ring (bicyclic) bond motifs is 6. The van der Waals surface area contributed by atoms with Crippen molar-refractivity contribution in [2.24, 2.45) is 0 Å². The molecular formula is C101H175N25O6. The van der Waals surface area contributed by atoms with Gasteiger partial charge < -0.3 is 140 Å². The van der Waals surface area contributed by atoms with Gasteiger partial charge in [-0.05, 0) is 200 Å². The third kappa shape index (κ3) is 29.2. The summed E-state index contributed by atoms with van der Waals surface area (Å²) in [7, 11) is 26.3. The van der Waals surface area contributed by atoms with Crippen LogP contribution in [0.1, 0.15) is 127 Å². The quantitative estimate of drug-likeness (QED) is 0.0136. The van der Waals surface area contributed by atoms with Crippen LogP contribution in [0.25, 0.3) is 33.1 Å². The van der Waals surface area contributed by atoms with Crippen molar-refractivity contribution in [1.29, 1.82) is 0 Å². The van der Waals surface area contributed by atoms with Crippen LogP contribution in [-0.4, -0.2) is 299 Å². The van der Waals surface area contributed by atoms with Gasteiger partial charge in [0.25, 0.3) is 29.4 Å². The number of aryl methyl sites for hydroxylation is 12. The summed E-state index contributed by atoms with van der Waals surface area (Å²) in [4.78, 5) is 0. The maximum atomic E-state index is 6.21. The minimum Gasteiger partial charge on any atom is -0.475 e. The molecule has 0 saturated carbocycles. The van der Waals surface area contributed by atoms with E-state index in [1.165, 1.54) is 65.7 Å². The van der Waals surface area contributed by atoms with E-state index in [2.05, 4.69) is 240 Å². The molecule has 0 atom stereocenters. The molecule has 132 heavy (non-hydrogen) atoms. The summed E-state index contributed by atoms with van der Waals surface area (Å²) in [6, 6.07) is 25.5. The highest BCUT2D eigenvalue weighted by Crippen LogP contribution is 2.34. The van der Waals surface area contributed by atoms with Crippen molar-refractivity contribution in [3.8, 4) is 29.4 Å². The fraction of sp³-hybridized carbons (Fsp3) is 0.525. The van der Waals surface area contributed by atoms with E-state index < -0.39 is 0 Å². The van der Waals surface area contributed by atoms with Crippen LogP contribution in [0.5, 0.6) is 29.4 Å². The Morgan fingerprint density at radius 1 is 0.333 bits per heavy atom. The third-order valence-corrected chi connectivity index (χ3v) is 25.7. The second-order valence-corrected chi connectivity index (χ2v) is 39.2. The van der Waals surface area contributed by atoms with Crippen LogP contribution in [0, 0.1) is 128 Å². The van der Waals surface area contributed by atoms with Crippen molar-refractivity contribution in [3.05, 3.63) is 185 Å². The summed E-state index contributed by atoms with van der Waals surface area (Å²) in [5, 5.41) is 30.5. The number of nitrogen functional groups attached to an aromatic ring is 6. The lowest BCUT2D eigenvalue weighted by molar-refractivity contribution is -0.949. The third-order valence-electron chi connectivity index (χ3n) is 25.7. The molecule has 0 radical (unpaired) electrons. The van der Waals surface area contributed by atoms with Crippen LogP contribution in [0.2, 0.25) is 0 Å². The molecule has 12 aromatic heterocycles. The van der Waals surface area contributed by atoms with Gasteiger partial charge in [-0.2, -0.15) is 0 Å². The lowest BCUT2D eigenvalue weighted by Crippen LogP contribution is -2.56. The molecule has 0 aliphatic carbocycles. The van der Waals surface area contributed by atoms with Gasteiger partial charge in [0, 0.05) is 53.5 Å².